The predicted molar refractivity (Wildman–Crippen MR) is 123 cm³/mol. The normalized spacial score (nSPS) is 28.4. The number of anilines is 1. The molecule has 170 valence electrons. The van der Waals surface area contributed by atoms with Gasteiger partial charge < -0.3 is 10.1 Å². The molecule has 0 heterocycles. The number of rotatable bonds is 6. The first-order valence-corrected chi connectivity index (χ1v) is 12.8. The molecule has 0 unspecified atom stereocenters. The zero-order chi connectivity index (χ0) is 22.5. The van der Waals surface area contributed by atoms with E-state index in [0.717, 1.165) is 37.0 Å². The fourth-order valence-electron chi connectivity index (χ4n) is 6.53. The SMILES string of the molecule is COc1ccccc1N(C)S(=O)(=O)c1ccc(C(=O)NC23CC4CC(CC(C4)C2)C3)cc1. The van der Waals surface area contributed by atoms with Crippen LogP contribution in [0.4, 0.5) is 5.69 Å². The highest BCUT2D eigenvalue weighted by Gasteiger charge is 2.51. The van der Waals surface area contributed by atoms with E-state index in [2.05, 4.69) is 5.32 Å². The van der Waals surface area contributed by atoms with E-state index < -0.39 is 10.0 Å². The Morgan fingerprint density at radius 1 is 0.969 bits per heavy atom. The van der Waals surface area contributed by atoms with Crippen LogP contribution in [0.25, 0.3) is 0 Å². The van der Waals surface area contributed by atoms with Gasteiger partial charge in [-0.3, -0.25) is 9.10 Å². The summed E-state index contributed by atoms with van der Waals surface area (Å²) in [5.41, 5.74) is 0.888. The first kappa shape index (κ1) is 21.3. The smallest absolute Gasteiger partial charge is 0.264 e. The van der Waals surface area contributed by atoms with E-state index in [9.17, 15) is 13.2 Å². The molecule has 0 radical (unpaired) electrons. The number of amides is 1. The van der Waals surface area contributed by atoms with Crippen molar-refractivity contribution >= 4 is 21.6 Å². The number of carbonyl (C=O) groups is 1. The van der Waals surface area contributed by atoms with Crippen LogP contribution in [-0.4, -0.2) is 34.0 Å². The molecule has 0 saturated heterocycles. The van der Waals surface area contributed by atoms with Crippen molar-refractivity contribution in [3.8, 4) is 5.75 Å². The topological polar surface area (TPSA) is 75.7 Å². The third-order valence-corrected chi connectivity index (χ3v) is 9.40. The summed E-state index contributed by atoms with van der Waals surface area (Å²) in [6.07, 6.45) is 7.22. The third kappa shape index (κ3) is 3.66. The fraction of sp³-hybridized carbons (Fsp3) is 0.480. The maximum atomic E-state index is 13.2. The molecule has 4 aliphatic rings. The maximum Gasteiger partial charge on any atom is 0.264 e. The molecule has 2 aromatic rings. The largest absolute Gasteiger partial charge is 0.495 e. The Morgan fingerprint density at radius 3 is 2.09 bits per heavy atom. The van der Waals surface area contributed by atoms with E-state index in [1.54, 1.807) is 36.4 Å². The summed E-state index contributed by atoms with van der Waals surface area (Å²) in [6, 6.07) is 13.2. The van der Waals surface area contributed by atoms with Crippen molar-refractivity contribution in [1.29, 1.82) is 0 Å². The third-order valence-electron chi connectivity index (χ3n) is 7.62. The van der Waals surface area contributed by atoms with Crippen molar-refractivity contribution in [2.45, 2.75) is 49.0 Å². The van der Waals surface area contributed by atoms with E-state index in [1.807, 2.05) is 0 Å². The van der Waals surface area contributed by atoms with Crippen LogP contribution >= 0.6 is 0 Å². The van der Waals surface area contributed by atoms with Gasteiger partial charge in [-0.2, -0.15) is 0 Å². The predicted octanol–water partition coefficient (Wildman–Crippen LogP) is 4.22. The Hall–Kier alpha value is -2.54. The molecule has 4 aliphatic carbocycles. The lowest BCUT2D eigenvalue weighted by Gasteiger charge is -2.56. The van der Waals surface area contributed by atoms with Gasteiger partial charge in [0, 0.05) is 18.2 Å². The summed E-state index contributed by atoms with van der Waals surface area (Å²) < 4.78 is 32.8. The van der Waals surface area contributed by atoms with E-state index in [-0.39, 0.29) is 16.3 Å². The van der Waals surface area contributed by atoms with Crippen molar-refractivity contribution in [1.82, 2.24) is 5.32 Å². The Kier molecular flexibility index (Phi) is 5.19. The van der Waals surface area contributed by atoms with Gasteiger partial charge in [0.15, 0.2) is 0 Å². The van der Waals surface area contributed by atoms with Crippen molar-refractivity contribution < 1.29 is 17.9 Å². The van der Waals surface area contributed by atoms with Crippen molar-refractivity contribution in [3.05, 3.63) is 54.1 Å². The minimum Gasteiger partial charge on any atom is -0.495 e. The quantitative estimate of drug-likeness (QED) is 0.709. The van der Waals surface area contributed by atoms with Gasteiger partial charge in [-0.15, -0.1) is 0 Å². The number of benzene rings is 2. The molecule has 4 bridgehead atoms. The second-order valence-electron chi connectivity index (χ2n) is 9.82. The molecule has 0 aliphatic heterocycles. The Bertz CT molecular complexity index is 1090. The van der Waals surface area contributed by atoms with E-state index in [0.29, 0.717) is 17.0 Å². The van der Waals surface area contributed by atoms with E-state index >= 15 is 0 Å². The molecule has 32 heavy (non-hydrogen) atoms. The summed E-state index contributed by atoms with van der Waals surface area (Å²) in [5, 5.41) is 3.35. The van der Waals surface area contributed by atoms with Gasteiger partial charge >= 0.3 is 0 Å². The Labute approximate surface area is 190 Å². The van der Waals surface area contributed by atoms with Crippen LogP contribution in [0, 0.1) is 17.8 Å². The molecule has 6 nitrogen and oxygen atoms in total. The number of carbonyl (C=O) groups excluding carboxylic acids is 1. The highest BCUT2D eigenvalue weighted by Crippen LogP contribution is 2.55. The highest BCUT2D eigenvalue weighted by molar-refractivity contribution is 7.92. The second-order valence-corrected chi connectivity index (χ2v) is 11.8. The van der Waals surface area contributed by atoms with Crippen LogP contribution in [-0.2, 0) is 10.0 Å². The summed E-state index contributed by atoms with van der Waals surface area (Å²) in [5.74, 6) is 2.62. The van der Waals surface area contributed by atoms with Gasteiger partial charge in [0.05, 0.1) is 17.7 Å². The van der Waals surface area contributed by atoms with Gasteiger partial charge in [-0.05, 0) is 92.7 Å². The van der Waals surface area contributed by atoms with Crippen LogP contribution < -0.4 is 14.4 Å². The number of hydrogen-bond donors (Lipinski definition) is 1. The van der Waals surface area contributed by atoms with Crippen LogP contribution in [0.3, 0.4) is 0 Å². The number of ether oxygens (including phenoxy) is 1. The zero-order valence-corrected chi connectivity index (χ0v) is 19.4. The van der Waals surface area contributed by atoms with Crippen molar-refractivity contribution in [2.75, 3.05) is 18.5 Å². The molecule has 4 fully saturated rings. The molecule has 2 aromatic carbocycles. The molecule has 7 heteroatoms. The standard InChI is InChI=1S/C25H30N2O4S/c1-27(22-5-3-4-6-23(22)31-2)32(29,30)21-9-7-20(8-10-21)24(28)26-25-14-17-11-18(15-25)13-19(12-17)16-25/h3-10,17-19H,11-16H2,1-2H3,(H,26,28). The molecule has 0 aromatic heterocycles. The van der Waals surface area contributed by atoms with Gasteiger partial charge in [0.2, 0.25) is 0 Å². The molecule has 1 N–H and O–H groups in total. The van der Waals surface area contributed by atoms with Gasteiger partial charge in [0.1, 0.15) is 5.75 Å². The molecule has 1 amide bonds. The van der Waals surface area contributed by atoms with Crippen LogP contribution in [0.1, 0.15) is 48.9 Å². The lowest BCUT2D eigenvalue weighted by molar-refractivity contribution is -0.0167. The number of para-hydroxylation sites is 2. The summed E-state index contributed by atoms with van der Waals surface area (Å²) >= 11 is 0. The minimum atomic E-state index is -3.79. The number of hydrogen-bond acceptors (Lipinski definition) is 4. The lowest BCUT2D eigenvalue weighted by atomic mass is 9.53. The monoisotopic (exact) mass is 454 g/mol. The first-order valence-electron chi connectivity index (χ1n) is 11.3. The van der Waals surface area contributed by atoms with Crippen LogP contribution in [0.2, 0.25) is 0 Å². The lowest BCUT2D eigenvalue weighted by Crippen LogP contribution is -2.59. The Morgan fingerprint density at radius 2 is 1.53 bits per heavy atom. The highest BCUT2D eigenvalue weighted by atomic mass is 32.2. The number of methoxy groups -OCH3 is 1. The zero-order valence-electron chi connectivity index (χ0n) is 18.6. The van der Waals surface area contributed by atoms with Gasteiger partial charge in [0.25, 0.3) is 15.9 Å². The molecule has 4 saturated carbocycles. The van der Waals surface area contributed by atoms with Crippen LogP contribution in [0.5, 0.6) is 5.75 Å². The summed E-state index contributed by atoms with van der Waals surface area (Å²) in [6.45, 7) is 0. The summed E-state index contributed by atoms with van der Waals surface area (Å²) in [4.78, 5) is 13.2. The van der Waals surface area contributed by atoms with Crippen molar-refractivity contribution in [2.24, 2.45) is 17.8 Å². The average Bonchev–Trinajstić information content (AvgIpc) is 2.77. The molecule has 0 spiro atoms. The number of sulfonamides is 1. The Balaban J connectivity index is 1.33. The van der Waals surface area contributed by atoms with Gasteiger partial charge in [-0.1, -0.05) is 12.1 Å². The molecular formula is C25H30N2O4S. The first-order chi connectivity index (χ1) is 15.3. The van der Waals surface area contributed by atoms with E-state index in [1.165, 1.54) is 49.9 Å². The second kappa shape index (κ2) is 7.80. The number of nitrogens with one attached hydrogen (secondary N) is 1. The van der Waals surface area contributed by atoms with Crippen LogP contribution in [0.15, 0.2) is 53.4 Å². The summed E-state index contributed by atoms with van der Waals surface area (Å²) in [7, 11) is -0.778. The number of nitrogens with zero attached hydrogens (tertiary/aromatic N) is 1. The molecule has 0 atom stereocenters. The minimum absolute atomic E-state index is 0.0688. The average molecular weight is 455 g/mol. The van der Waals surface area contributed by atoms with Gasteiger partial charge in [-0.25, -0.2) is 8.42 Å². The fourth-order valence-corrected chi connectivity index (χ4v) is 7.74. The maximum absolute atomic E-state index is 13.2. The van der Waals surface area contributed by atoms with E-state index in [4.69, 9.17) is 4.74 Å². The van der Waals surface area contributed by atoms with Crippen molar-refractivity contribution in [3.63, 3.8) is 0 Å². The molecular weight excluding hydrogens is 424 g/mol. The molecule has 6 rings (SSSR count).